The summed E-state index contributed by atoms with van der Waals surface area (Å²) in [5.41, 5.74) is 0.906. The number of thioether (sulfide) groups is 2. The lowest BCUT2D eigenvalue weighted by Gasteiger charge is -2.37. The summed E-state index contributed by atoms with van der Waals surface area (Å²) in [6, 6.07) is 4.83. The van der Waals surface area contributed by atoms with Gasteiger partial charge in [0, 0.05) is 33.1 Å². The van der Waals surface area contributed by atoms with E-state index >= 15 is 0 Å². The second-order valence-corrected chi connectivity index (χ2v) is 8.29. The molecule has 1 nitrogen and oxygen atoms in total. The zero-order valence-electron chi connectivity index (χ0n) is 12.6. The Hall–Kier alpha value is 0.1000. The number of benzene rings is 1. The van der Waals surface area contributed by atoms with Crippen LogP contribution in [0, 0.1) is 5.82 Å². The lowest BCUT2D eigenvalue weighted by molar-refractivity contribution is 0.495. The van der Waals surface area contributed by atoms with Gasteiger partial charge in [0.2, 0.25) is 0 Å². The van der Waals surface area contributed by atoms with Gasteiger partial charge in [-0.3, -0.25) is 0 Å². The van der Waals surface area contributed by atoms with E-state index in [0.717, 1.165) is 30.7 Å². The number of hydrogen-bond donors (Lipinski definition) is 1. The van der Waals surface area contributed by atoms with Crippen LogP contribution in [0.25, 0.3) is 0 Å². The lowest BCUT2D eigenvalue weighted by atomic mass is 9.99. The monoisotopic (exact) mass is 347 g/mol. The van der Waals surface area contributed by atoms with Gasteiger partial charge in [-0.25, -0.2) is 4.39 Å². The van der Waals surface area contributed by atoms with E-state index in [0.29, 0.717) is 15.5 Å². The molecule has 1 saturated heterocycles. The first-order chi connectivity index (χ1) is 10.2. The third-order valence-electron chi connectivity index (χ3n) is 3.73. The van der Waals surface area contributed by atoms with Gasteiger partial charge in [-0.1, -0.05) is 25.4 Å². The summed E-state index contributed by atoms with van der Waals surface area (Å²) < 4.78 is 13.7. The van der Waals surface area contributed by atoms with Crippen LogP contribution in [0.4, 0.5) is 4.39 Å². The molecule has 0 aliphatic carbocycles. The smallest absolute Gasteiger partial charge is 0.123 e. The first-order valence-electron chi connectivity index (χ1n) is 7.58. The second kappa shape index (κ2) is 8.66. The Morgan fingerprint density at radius 2 is 2.10 bits per heavy atom. The number of nitrogens with one attached hydrogen (secondary N) is 1. The van der Waals surface area contributed by atoms with Crippen LogP contribution in [-0.4, -0.2) is 28.6 Å². The third kappa shape index (κ3) is 4.54. The molecule has 1 N–H and O–H groups in total. The molecular weight excluding hydrogens is 325 g/mol. The van der Waals surface area contributed by atoms with Crippen molar-refractivity contribution < 1.29 is 4.39 Å². The first kappa shape index (κ1) is 17.5. The summed E-state index contributed by atoms with van der Waals surface area (Å²) in [7, 11) is 0. The van der Waals surface area contributed by atoms with E-state index in [9.17, 15) is 4.39 Å². The summed E-state index contributed by atoms with van der Waals surface area (Å²) in [5, 5.41) is 5.30. The van der Waals surface area contributed by atoms with Crippen LogP contribution < -0.4 is 5.32 Å². The molecule has 5 heteroatoms. The van der Waals surface area contributed by atoms with Crippen LogP contribution >= 0.6 is 35.1 Å². The number of rotatable bonds is 6. The standard InChI is InChI=1S/C16H23ClFNS2/c1-3-7-19-15(12-10-11(18)5-6-13(12)17)16-14(4-2)20-8-9-21-16/h5-6,10,14-16,19H,3-4,7-9H2,1-2H3. The molecule has 0 aromatic heterocycles. The molecule has 2 rings (SSSR count). The van der Waals surface area contributed by atoms with Gasteiger partial charge in [-0.15, -0.1) is 0 Å². The van der Waals surface area contributed by atoms with Gasteiger partial charge < -0.3 is 5.32 Å². The van der Waals surface area contributed by atoms with Crippen LogP contribution in [0.3, 0.4) is 0 Å². The molecular formula is C16H23ClFNS2. The number of hydrogen-bond acceptors (Lipinski definition) is 3. The van der Waals surface area contributed by atoms with E-state index in [1.165, 1.54) is 11.8 Å². The molecule has 0 bridgehead atoms. The maximum atomic E-state index is 13.7. The van der Waals surface area contributed by atoms with Crippen molar-refractivity contribution >= 4 is 35.1 Å². The van der Waals surface area contributed by atoms with E-state index < -0.39 is 0 Å². The fraction of sp³-hybridized carbons (Fsp3) is 0.625. The second-order valence-electron chi connectivity index (χ2n) is 5.25. The van der Waals surface area contributed by atoms with E-state index in [1.54, 1.807) is 12.1 Å². The van der Waals surface area contributed by atoms with Gasteiger partial charge in [-0.05, 0) is 43.1 Å². The highest BCUT2D eigenvalue weighted by Crippen LogP contribution is 2.41. The van der Waals surface area contributed by atoms with Gasteiger partial charge in [0.15, 0.2) is 0 Å². The molecule has 1 aliphatic rings. The van der Waals surface area contributed by atoms with Crippen LogP contribution in [0.5, 0.6) is 0 Å². The summed E-state index contributed by atoms with van der Waals surface area (Å²) in [6.45, 7) is 5.31. The van der Waals surface area contributed by atoms with Gasteiger partial charge >= 0.3 is 0 Å². The van der Waals surface area contributed by atoms with Crippen LogP contribution in [0.15, 0.2) is 18.2 Å². The summed E-state index contributed by atoms with van der Waals surface area (Å²) in [5.74, 6) is 2.15. The normalized spacial score (nSPS) is 24.0. The predicted octanol–water partition coefficient (Wildman–Crippen LogP) is 5.15. The van der Waals surface area contributed by atoms with Crippen LogP contribution in [0.1, 0.15) is 38.3 Å². The molecule has 21 heavy (non-hydrogen) atoms. The third-order valence-corrected chi connectivity index (χ3v) is 7.43. The topological polar surface area (TPSA) is 12.0 Å². The minimum Gasteiger partial charge on any atom is -0.309 e. The van der Waals surface area contributed by atoms with Crippen molar-refractivity contribution in [3.63, 3.8) is 0 Å². The summed E-state index contributed by atoms with van der Waals surface area (Å²) >= 11 is 10.4. The Morgan fingerprint density at radius 1 is 1.33 bits per heavy atom. The summed E-state index contributed by atoms with van der Waals surface area (Å²) in [4.78, 5) is 0. The minimum absolute atomic E-state index is 0.121. The molecule has 0 spiro atoms. The van der Waals surface area contributed by atoms with Crippen molar-refractivity contribution in [2.45, 2.75) is 43.2 Å². The van der Waals surface area contributed by atoms with Crippen molar-refractivity contribution in [3.05, 3.63) is 34.6 Å². The zero-order chi connectivity index (χ0) is 15.2. The predicted molar refractivity (Wildman–Crippen MR) is 95.2 cm³/mol. The zero-order valence-corrected chi connectivity index (χ0v) is 15.0. The first-order valence-corrected chi connectivity index (χ1v) is 10.1. The van der Waals surface area contributed by atoms with E-state index in [-0.39, 0.29) is 11.9 Å². The average molecular weight is 348 g/mol. The molecule has 1 aromatic carbocycles. The lowest BCUT2D eigenvalue weighted by Crippen LogP contribution is -2.39. The Labute approximate surface area is 140 Å². The van der Waals surface area contributed by atoms with Crippen LogP contribution in [0.2, 0.25) is 5.02 Å². The molecule has 3 atom stereocenters. The Balaban J connectivity index is 2.30. The molecule has 1 fully saturated rings. The average Bonchev–Trinajstić information content (AvgIpc) is 2.51. The van der Waals surface area contributed by atoms with E-state index in [4.69, 9.17) is 11.6 Å². The molecule has 1 heterocycles. The highest BCUT2D eigenvalue weighted by atomic mass is 35.5. The van der Waals surface area contributed by atoms with Gasteiger partial charge in [0.25, 0.3) is 0 Å². The fourth-order valence-corrected chi connectivity index (χ4v) is 6.18. The molecule has 1 aliphatic heterocycles. The van der Waals surface area contributed by atoms with Crippen molar-refractivity contribution in [1.29, 1.82) is 0 Å². The fourth-order valence-electron chi connectivity index (χ4n) is 2.70. The quantitative estimate of drug-likeness (QED) is 0.764. The Kier molecular flexibility index (Phi) is 7.20. The van der Waals surface area contributed by atoms with Gasteiger partial charge in [-0.2, -0.15) is 23.5 Å². The molecule has 0 saturated carbocycles. The van der Waals surface area contributed by atoms with Crippen molar-refractivity contribution in [2.75, 3.05) is 18.1 Å². The minimum atomic E-state index is -0.209. The van der Waals surface area contributed by atoms with Gasteiger partial charge in [0.05, 0.1) is 0 Å². The maximum Gasteiger partial charge on any atom is 0.123 e. The largest absolute Gasteiger partial charge is 0.309 e. The van der Waals surface area contributed by atoms with E-state index in [1.807, 2.05) is 23.5 Å². The molecule has 118 valence electrons. The maximum absolute atomic E-state index is 13.7. The van der Waals surface area contributed by atoms with Crippen LogP contribution in [-0.2, 0) is 0 Å². The highest BCUT2D eigenvalue weighted by Gasteiger charge is 2.33. The summed E-state index contributed by atoms with van der Waals surface area (Å²) in [6.07, 6.45) is 2.20. The highest BCUT2D eigenvalue weighted by molar-refractivity contribution is 8.07. The molecule has 0 amide bonds. The number of halogens is 2. The Bertz CT molecular complexity index is 458. The SMILES string of the molecule is CCCNC(c1cc(F)ccc1Cl)C1SCCSC1CC. The van der Waals surface area contributed by atoms with Crippen molar-refractivity contribution in [2.24, 2.45) is 0 Å². The van der Waals surface area contributed by atoms with Crippen molar-refractivity contribution in [3.8, 4) is 0 Å². The molecule has 0 radical (unpaired) electrons. The van der Waals surface area contributed by atoms with E-state index in [2.05, 4.69) is 19.2 Å². The Morgan fingerprint density at radius 3 is 2.81 bits per heavy atom. The molecule has 3 unspecified atom stereocenters. The van der Waals surface area contributed by atoms with Crippen molar-refractivity contribution in [1.82, 2.24) is 5.32 Å². The van der Waals surface area contributed by atoms with Gasteiger partial charge in [0.1, 0.15) is 5.82 Å². The molecule has 1 aromatic rings.